The van der Waals surface area contributed by atoms with E-state index in [1.165, 1.54) is 6.92 Å². The Bertz CT molecular complexity index is 872. The molecule has 0 unspecified atom stereocenters. The first kappa shape index (κ1) is 20.1. The molecule has 2 aromatic rings. The van der Waals surface area contributed by atoms with Gasteiger partial charge < -0.3 is 10.6 Å². The molecule has 2 N–H and O–H groups in total. The van der Waals surface area contributed by atoms with E-state index in [9.17, 15) is 14.4 Å². The Labute approximate surface area is 169 Å². The number of benzene rings is 2. The smallest absolute Gasteiger partial charge is 0.227 e. The summed E-state index contributed by atoms with van der Waals surface area (Å²) in [7, 11) is 0. The van der Waals surface area contributed by atoms with Crippen molar-refractivity contribution in [3.8, 4) is 0 Å². The summed E-state index contributed by atoms with van der Waals surface area (Å²) in [6.45, 7) is 1.50. The molecule has 2 amide bonds. The standard InChI is InChI=1S/C22H23ClN2O3/c1-14(26)17-3-2-4-20(13-17)25-22(28)16-7-5-15(6-8-16)21(27)24-19-11-9-18(23)10-12-19/h2-4,9-13,15-16H,5-8H2,1H3,(H,24,27)(H,25,28). The highest BCUT2D eigenvalue weighted by atomic mass is 35.5. The number of carbonyl (C=O) groups is 3. The maximum absolute atomic E-state index is 12.5. The van der Waals surface area contributed by atoms with Crippen LogP contribution in [-0.2, 0) is 9.59 Å². The number of nitrogens with one attached hydrogen (secondary N) is 2. The Hall–Kier alpha value is -2.66. The van der Waals surface area contributed by atoms with Crippen molar-refractivity contribution in [2.45, 2.75) is 32.6 Å². The molecule has 2 aromatic carbocycles. The maximum atomic E-state index is 12.5. The summed E-state index contributed by atoms with van der Waals surface area (Å²) in [5.74, 6) is -0.336. The molecule has 5 nitrogen and oxygen atoms in total. The highest BCUT2D eigenvalue weighted by molar-refractivity contribution is 6.30. The van der Waals surface area contributed by atoms with Crippen molar-refractivity contribution in [1.29, 1.82) is 0 Å². The van der Waals surface area contributed by atoms with E-state index >= 15 is 0 Å². The van der Waals surface area contributed by atoms with Gasteiger partial charge in [-0.1, -0.05) is 23.7 Å². The van der Waals surface area contributed by atoms with E-state index in [1.807, 2.05) is 0 Å². The van der Waals surface area contributed by atoms with Crippen LogP contribution in [0.2, 0.25) is 5.02 Å². The summed E-state index contributed by atoms with van der Waals surface area (Å²) in [6, 6.07) is 14.0. The summed E-state index contributed by atoms with van der Waals surface area (Å²) < 4.78 is 0. The van der Waals surface area contributed by atoms with Crippen LogP contribution in [0.4, 0.5) is 11.4 Å². The number of halogens is 1. The fourth-order valence-electron chi connectivity index (χ4n) is 3.46. The summed E-state index contributed by atoms with van der Waals surface area (Å²) >= 11 is 5.86. The zero-order valence-corrected chi connectivity index (χ0v) is 16.5. The average molecular weight is 399 g/mol. The van der Waals surface area contributed by atoms with Crippen molar-refractivity contribution in [3.05, 3.63) is 59.1 Å². The zero-order chi connectivity index (χ0) is 20.1. The van der Waals surface area contributed by atoms with Crippen molar-refractivity contribution in [1.82, 2.24) is 0 Å². The number of rotatable bonds is 5. The van der Waals surface area contributed by atoms with Gasteiger partial charge in [0, 0.05) is 33.8 Å². The van der Waals surface area contributed by atoms with Crippen LogP contribution in [0, 0.1) is 11.8 Å². The second-order valence-electron chi connectivity index (χ2n) is 7.17. The lowest BCUT2D eigenvalue weighted by atomic mass is 9.81. The minimum absolute atomic E-state index is 0.0182. The molecule has 0 saturated heterocycles. The van der Waals surface area contributed by atoms with Crippen LogP contribution in [0.5, 0.6) is 0 Å². The predicted octanol–water partition coefficient (Wildman–Crippen LogP) is 4.93. The van der Waals surface area contributed by atoms with E-state index in [0.717, 1.165) is 5.69 Å². The second kappa shape index (κ2) is 9.02. The first-order chi connectivity index (χ1) is 13.4. The molecule has 6 heteroatoms. The Morgan fingerprint density at radius 1 is 0.821 bits per heavy atom. The van der Waals surface area contributed by atoms with Gasteiger partial charge in [0.2, 0.25) is 11.8 Å². The lowest BCUT2D eigenvalue weighted by molar-refractivity contribution is -0.125. The van der Waals surface area contributed by atoms with Gasteiger partial charge in [-0.2, -0.15) is 0 Å². The second-order valence-corrected chi connectivity index (χ2v) is 7.61. The molecule has 1 saturated carbocycles. The highest BCUT2D eigenvalue weighted by Crippen LogP contribution is 2.31. The van der Waals surface area contributed by atoms with Crippen LogP contribution in [0.25, 0.3) is 0 Å². The summed E-state index contributed by atoms with van der Waals surface area (Å²) in [5.41, 5.74) is 1.92. The van der Waals surface area contributed by atoms with Crippen molar-refractivity contribution < 1.29 is 14.4 Å². The monoisotopic (exact) mass is 398 g/mol. The third-order valence-electron chi connectivity index (χ3n) is 5.12. The van der Waals surface area contributed by atoms with Gasteiger partial charge in [0.15, 0.2) is 5.78 Å². The quantitative estimate of drug-likeness (QED) is 0.701. The van der Waals surface area contributed by atoms with Gasteiger partial charge in [0.1, 0.15) is 0 Å². The Balaban J connectivity index is 1.51. The van der Waals surface area contributed by atoms with Crippen LogP contribution in [0.1, 0.15) is 43.0 Å². The molecule has 0 heterocycles. The molecule has 1 aliphatic rings. The summed E-state index contributed by atoms with van der Waals surface area (Å²) in [4.78, 5) is 36.5. The van der Waals surface area contributed by atoms with E-state index < -0.39 is 0 Å². The summed E-state index contributed by atoms with van der Waals surface area (Å²) in [6.07, 6.45) is 2.67. The van der Waals surface area contributed by atoms with E-state index in [2.05, 4.69) is 10.6 Å². The predicted molar refractivity (Wildman–Crippen MR) is 111 cm³/mol. The Morgan fingerprint density at radius 3 is 1.89 bits per heavy atom. The average Bonchev–Trinajstić information content (AvgIpc) is 2.70. The Kier molecular flexibility index (Phi) is 6.47. The molecule has 146 valence electrons. The SMILES string of the molecule is CC(=O)c1cccc(NC(=O)C2CCC(C(=O)Nc3ccc(Cl)cc3)CC2)c1. The molecule has 0 bridgehead atoms. The van der Waals surface area contributed by atoms with Gasteiger partial charge in [0.25, 0.3) is 0 Å². The van der Waals surface area contributed by atoms with Gasteiger partial charge in [-0.15, -0.1) is 0 Å². The van der Waals surface area contributed by atoms with Crippen molar-refractivity contribution in [2.24, 2.45) is 11.8 Å². The van der Waals surface area contributed by atoms with Gasteiger partial charge in [0.05, 0.1) is 0 Å². The van der Waals surface area contributed by atoms with E-state index in [0.29, 0.717) is 42.0 Å². The van der Waals surface area contributed by atoms with Crippen LogP contribution < -0.4 is 10.6 Å². The zero-order valence-electron chi connectivity index (χ0n) is 15.7. The number of hydrogen-bond donors (Lipinski definition) is 2. The van der Waals surface area contributed by atoms with Crippen molar-refractivity contribution >= 4 is 40.6 Å². The molecule has 0 atom stereocenters. The molecule has 0 aromatic heterocycles. The minimum atomic E-state index is -0.124. The topological polar surface area (TPSA) is 75.3 Å². The number of hydrogen-bond acceptors (Lipinski definition) is 3. The number of carbonyl (C=O) groups excluding carboxylic acids is 3. The first-order valence-corrected chi connectivity index (χ1v) is 9.78. The summed E-state index contributed by atoms with van der Waals surface area (Å²) in [5, 5.41) is 6.42. The van der Waals surface area contributed by atoms with Gasteiger partial charge in [-0.05, 0) is 69.0 Å². The van der Waals surface area contributed by atoms with Crippen LogP contribution in [-0.4, -0.2) is 17.6 Å². The lowest BCUT2D eigenvalue weighted by Gasteiger charge is -2.27. The largest absolute Gasteiger partial charge is 0.326 e. The van der Waals surface area contributed by atoms with E-state index in [1.54, 1.807) is 48.5 Å². The van der Waals surface area contributed by atoms with Crippen LogP contribution in [0.3, 0.4) is 0 Å². The molecule has 1 aliphatic carbocycles. The van der Waals surface area contributed by atoms with Crippen LogP contribution in [0.15, 0.2) is 48.5 Å². The van der Waals surface area contributed by atoms with Gasteiger partial charge in [-0.3, -0.25) is 14.4 Å². The molecule has 3 rings (SSSR count). The van der Waals surface area contributed by atoms with E-state index in [4.69, 9.17) is 11.6 Å². The first-order valence-electron chi connectivity index (χ1n) is 9.40. The molecule has 0 radical (unpaired) electrons. The lowest BCUT2D eigenvalue weighted by Crippen LogP contribution is -2.32. The van der Waals surface area contributed by atoms with Crippen molar-refractivity contribution in [2.75, 3.05) is 10.6 Å². The fraction of sp³-hybridized carbons (Fsp3) is 0.318. The third kappa shape index (κ3) is 5.20. The number of Topliss-reactive ketones (excluding diaryl/α,β-unsaturated/α-hetero) is 1. The Morgan fingerprint density at radius 2 is 1.36 bits per heavy atom. The molecule has 28 heavy (non-hydrogen) atoms. The fourth-order valence-corrected chi connectivity index (χ4v) is 3.58. The van der Waals surface area contributed by atoms with Gasteiger partial charge >= 0.3 is 0 Å². The van der Waals surface area contributed by atoms with E-state index in [-0.39, 0.29) is 29.4 Å². The third-order valence-corrected chi connectivity index (χ3v) is 5.37. The number of amides is 2. The number of ketones is 1. The molecule has 0 spiro atoms. The maximum Gasteiger partial charge on any atom is 0.227 e. The molecular weight excluding hydrogens is 376 g/mol. The minimum Gasteiger partial charge on any atom is -0.326 e. The normalized spacial score (nSPS) is 18.9. The molecule has 1 fully saturated rings. The van der Waals surface area contributed by atoms with Crippen LogP contribution >= 0.6 is 11.6 Å². The van der Waals surface area contributed by atoms with Crippen molar-refractivity contribution in [3.63, 3.8) is 0 Å². The van der Waals surface area contributed by atoms with Gasteiger partial charge in [-0.25, -0.2) is 0 Å². The number of anilines is 2. The highest BCUT2D eigenvalue weighted by Gasteiger charge is 2.30. The molecule has 0 aliphatic heterocycles. The molecular formula is C22H23ClN2O3.